The fourth-order valence-corrected chi connectivity index (χ4v) is 13.7. The van der Waals surface area contributed by atoms with Crippen LogP contribution in [-0.2, 0) is 25.4 Å². The van der Waals surface area contributed by atoms with Crippen molar-refractivity contribution in [1.29, 1.82) is 0 Å². The van der Waals surface area contributed by atoms with E-state index in [0.29, 0.717) is 50.0 Å². The van der Waals surface area contributed by atoms with Gasteiger partial charge >= 0.3 is 0 Å². The lowest BCUT2D eigenvalue weighted by molar-refractivity contribution is -0.266. The van der Waals surface area contributed by atoms with Gasteiger partial charge in [0.25, 0.3) is 0 Å². The van der Waals surface area contributed by atoms with Crippen LogP contribution >= 0.6 is 33.3 Å². The second kappa shape index (κ2) is 51.7. The Balaban J connectivity index is 1.62. The monoisotopic (exact) mass is 1460 g/mol. The van der Waals surface area contributed by atoms with E-state index in [1.165, 1.54) is 39.4 Å². The molecule has 2 heterocycles. The average molecular weight is 1460 g/mol. The van der Waals surface area contributed by atoms with Crippen molar-refractivity contribution in [2.75, 3.05) is 109 Å². The molecule has 2 fully saturated rings. The molecule has 2 saturated heterocycles. The number of fused-ring (bicyclic) bond motifs is 5. The van der Waals surface area contributed by atoms with Crippen molar-refractivity contribution in [3.63, 3.8) is 0 Å². The largest absolute Gasteiger partial charge is 0.378 e. The molecular weight excluding hydrogens is 1350 g/mol. The van der Waals surface area contributed by atoms with E-state index in [9.17, 15) is 66.4 Å². The third-order valence-electron chi connectivity index (χ3n) is 15.4. The van der Waals surface area contributed by atoms with Gasteiger partial charge in [-0.2, -0.15) is 11.8 Å². The quantitative estimate of drug-likeness (QED) is 0.0129. The molecule has 0 aromatic heterocycles. The Labute approximate surface area is 584 Å². The molecule has 98 heavy (non-hydrogen) atoms. The van der Waals surface area contributed by atoms with E-state index >= 15 is 0 Å². The van der Waals surface area contributed by atoms with E-state index in [1.807, 2.05) is 18.2 Å². The van der Waals surface area contributed by atoms with Crippen LogP contribution < -0.4 is 81.0 Å². The summed E-state index contributed by atoms with van der Waals surface area (Å²) < 4.78 is 21.9. The number of nitrogens with zero attached hydrogens (tertiary/aromatic N) is 1. The van der Waals surface area contributed by atoms with Crippen LogP contribution in [0.3, 0.4) is 0 Å². The van der Waals surface area contributed by atoms with Gasteiger partial charge in [-0.1, -0.05) is 82.6 Å². The number of aliphatic hydroxyl groups is 14. The topological polar surface area (TPSA) is 586 Å². The Morgan fingerprint density at radius 1 is 0.531 bits per heavy atom. The third-order valence-corrected chi connectivity index (χ3v) is 19.0. The maximum atomic E-state index is 12.3. The van der Waals surface area contributed by atoms with E-state index in [1.54, 1.807) is 36.4 Å². The zero-order chi connectivity index (χ0) is 71.6. The number of unbranched alkanes of at least 4 members (excludes halogenated alkanes) is 1. The molecule has 2 aliphatic rings. The van der Waals surface area contributed by atoms with Gasteiger partial charge in [-0.15, -0.1) is 5.23 Å². The summed E-state index contributed by atoms with van der Waals surface area (Å²) in [6.45, 7) is 1.93. The van der Waals surface area contributed by atoms with Gasteiger partial charge in [-0.3, -0.25) is 74.2 Å². The lowest BCUT2D eigenvalue weighted by atomic mass is 10.0. The predicted molar refractivity (Wildman–Crippen MR) is 368 cm³/mol. The summed E-state index contributed by atoms with van der Waals surface area (Å²) in [6, 6.07) is 8.43. The number of benzene rings is 2. The normalized spacial score (nSPS) is 28.9. The van der Waals surface area contributed by atoms with Gasteiger partial charge in [-0.25, -0.2) is 0 Å². The molecule has 2 aromatic rings. The molecule has 2 bridgehead atoms. The van der Waals surface area contributed by atoms with Crippen LogP contribution in [0.25, 0.3) is 6.08 Å². The predicted octanol–water partition coefficient (Wildman–Crippen LogP) is -8.85. The molecule has 2 aliphatic heterocycles. The average Bonchev–Trinajstić information content (AvgIpc) is 1.24. The molecule has 568 valence electrons. The van der Waals surface area contributed by atoms with E-state index in [2.05, 4.69) is 63.8 Å². The fraction of sp³-hybridized carbons (Fsp3) is 0.763. The number of β-amino-alcohol motifs (C(OH)–C–C–N with tert-alkyl or cyclic N) is 1. The number of nitrogens with two attached hydrogens (primary N) is 3. The maximum absolute atomic E-state index is 12.3. The van der Waals surface area contributed by atoms with Crippen molar-refractivity contribution < 1.29 is 101 Å². The van der Waals surface area contributed by atoms with Gasteiger partial charge in [-0.05, 0) is 68.0 Å². The molecule has 36 nitrogen and oxygen atoms in total. The molecule has 19 atom stereocenters. The van der Waals surface area contributed by atoms with Gasteiger partial charge in [0.1, 0.15) is 81.0 Å². The molecule has 0 saturated carbocycles. The van der Waals surface area contributed by atoms with Crippen molar-refractivity contribution in [2.24, 2.45) is 17.2 Å². The lowest BCUT2D eigenvalue weighted by Crippen LogP contribution is -2.64. The first-order chi connectivity index (χ1) is 47.0. The van der Waals surface area contributed by atoms with Crippen LogP contribution in [0.1, 0.15) is 61.4 Å². The van der Waals surface area contributed by atoms with Gasteiger partial charge in [0.15, 0.2) is 6.29 Å². The summed E-state index contributed by atoms with van der Waals surface area (Å²) in [5, 5.41) is 212. The SMILES string of the molecule is NC(N)NCCC[C@@H]1N[C@@H](O)[C@@H]2CSSC[C@H](N[C@H](O)[C@H](CC(O)O)N[C@@H](O)CN[C@@H]1O)[C@H](O)N[C@@H](Cc1ccccc1)[C@@H](O)N[C@H]([C@H](O)NCCOCCOCCOCCN[C@H](O)COC[C@@H](N)O)CSC[C@H](O)N[C@@H](CCCCN[C@@H](O)c1ccc(C=CN(O)O)cc1)[C@@H](O)N2. The highest BCUT2D eigenvalue weighted by molar-refractivity contribution is 8.76. The second-order valence-corrected chi connectivity index (χ2v) is 27.2. The first kappa shape index (κ1) is 88.0. The minimum Gasteiger partial charge on any atom is -0.378 e. The number of ether oxygens (including phenoxy) is 4. The molecule has 0 aliphatic carbocycles. The number of hydrogen-bond donors (Lipinski definition) is 31. The molecule has 0 radical (unpaired) electrons. The minimum atomic E-state index is -1.99. The number of aliphatic hydroxyl groups excluding tert-OH is 13. The smallest absolute Gasteiger partial charge is 0.153 e. The second-order valence-electron chi connectivity index (χ2n) is 23.6. The van der Waals surface area contributed by atoms with Crippen molar-refractivity contribution in [2.45, 2.75) is 175 Å². The van der Waals surface area contributed by atoms with Crippen molar-refractivity contribution in [3.05, 3.63) is 77.5 Å². The van der Waals surface area contributed by atoms with E-state index < -0.39 is 136 Å². The molecule has 0 amide bonds. The number of hydroxylamine groups is 2. The summed E-state index contributed by atoms with van der Waals surface area (Å²) in [4.78, 5) is 0. The molecule has 0 unspecified atom stereocenters. The van der Waals surface area contributed by atoms with Gasteiger partial charge in [0.05, 0.1) is 89.3 Å². The first-order valence-corrected chi connectivity index (χ1v) is 36.5. The molecule has 34 N–H and O–H groups in total. The summed E-state index contributed by atoms with van der Waals surface area (Å²) in [7, 11) is 2.39. The summed E-state index contributed by atoms with van der Waals surface area (Å²) in [6.07, 6.45) is -15.8. The maximum Gasteiger partial charge on any atom is 0.153 e. The third kappa shape index (κ3) is 38.9. The molecule has 0 spiro atoms. The first-order valence-electron chi connectivity index (χ1n) is 32.9. The Kier molecular flexibility index (Phi) is 46.5. The van der Waals surface area contributed by atoms with Crippen LogP contribution in [0, 0.1) is 0 Å². The highest BCUT2D eigenvalue weighted by atomic mass is 33.1. The Morgan fingerprint density at radius 2 is 1.10 bits per heavy atom. The van der Waals surface area contributed by atoms with Crippen LogP contribution in [0.2, 0.25) is 0 Å². The van der Waals surface area contributed by atoms with Gasteiger partial charge in [0.2, 0.25) is 0 Å². The van der Waals surface area contributed by atoms with Gasteiger partial charge < -0.3 is 108 Å². The zero-order valence-electron chi connectivity index (χ0n) is 55.1. The summed E-state index contributed by atoms with van der Waals surface area (Å²) in [5.74, 6) is 0.0287. The molecule has 39 heteroatoms. The van der Waals surface area contributed by atoms with Crippen molar-refractivity contribution >= 4 is 39.4 Å². The van der Waals surface area contributed by atoms with Crippen LogP contribution in [-0.4, -0.2) is 319 Å². The van der Waals surface area contributed by atoms with E-state index in [-0.39, 0.29) is 113 Å². The summed E-state index contributed by atoms with van der Waals surface area (Å²) >= 11 is 1.20. The standard InChI is InChI=1S/C59H114N16O20S3/c60-46(76)30-95-31-48(78)63-18-21-92-23-25-94-26-24-93-22-19-65-53(84)43-32-96-35-49(79)68-40(9-4-5-16-64-51(82)38-13-11-36(12-14-38)15-20-75(90)91)54(85)73-44-33-97-98-34-45(58(89)71-41(55(86)72-43)27-37-7-2-1-3-8-37)74-56(87)42(28-50(80)81)69-47(77)29-67-52(83)39(70-57(44)88)10-6-17-66-59(61)62/h1-3,7-8,11-15,20,39-59,63-74,76-91H,4-6,9-10,16-19,21-35,60-62H2/t39-,40-,41-,42-,43-,44-,45-,46-,47-,48+,49-,51-,52+,53-,54+,55+,56+,57-,58-/m0/s1. The fourth-order valence-electron chi connectivity index (χ4n) is 10.2. The highest BCUT2D eigenvalue weighted by Crippen LogP contribution is 2.26. The Bertz CT molecular complexity index is 2320. The number of nitrogens with one attached hydrogen (secondary N) is 12. The van der Waals surface area contributed by atoms with Crippen LogP contribution in [0.5, 0.6) is 0 Å². The lowest BCUT2D eigenvalue weighted by Gasteiger charge is -2.36. The van der Waals surface area contributed by atoms with Crippen LogP contribution in [0.15, 0.2) is 60.8 Å². The van der Waals surface area contributed by atoms with E-state index in [0.717, 1.165) is 11.8 Å². The molecule has 2 aromatic carbocycles. The summed E-state index contributed by atoms with van der Waals surface area (Å²) in [5.41, 5.74) is 18.6. The van der Waals surface area contributed by atoms with Crippen molar-refractivity contribution in [3.8, 4) is 0 Å². The Hall–Kier alpha value is -2.37. The highest BCUT2D eigenvalue weighted by Gasteiger charge is 2.36. The number of thioether (sulfide) groups is 1. The van der Waals surface area contributed by atoms with Gasteiger partial charge in [0, 0.05) is 61.2 Å². The number of rotatable bonds is 37. The van der Waals surface area contributed by atoms with Crippen LogP contribution in [0.4, 0.5) is 0 Å². The molecular formula is C59H114N16O20S3. The van der Waals surface area contributed by atoms with Crippen molar-refractivity contribution in [1.82, 2.24) is 69.0 Å². The number of hydrogen-bond acceptors (Lipinski definition) is 39. The Morgan fingerprint density at radius 3 is 1.72 bits per heavy atom. The minimum absolute atomic E-state index is 0.0228. The molecule has 4 rings (SSSR count). The zero-order valence-corrected chi connectivity index (χ0v) is 57.6. The van der Waals surface area contributed by atoms with E-state index in [4.69, 9.17) is 51.7 Å².